The van der Waals surface area contributed by atoms with Crippen molar-refractivity contribution in [2.45, 2.75) is 11.3 Å². The van der Waals surface area contributed by atoms with Gasteiger partial charge in [0.1, 0.15) is 22.3 Å². The average molecular weight is 410 g/mol. The summed E-state index contributed by atoms with van der Waals surface area (Å²) in [6, 6.07) is 9.55. The lowest BCUT2D eigenvalue weighted by Gasteiger charge is -2.34. The molecule has 2 aromatic carbocycles. The lowest BCUT2D eigenvalue weighted by molar-refractivity contribution is -0.131. The molecular formula is C19H20F2N2O4S. The fourth-order valence-corrected chi connectivity index (χ4v) is 4.59. The van der Waals surface area contributed by atoms with Crippen LogP contribution in [0.25, 0.3) is 0 Å². The molecule has 0 atom stereocenters. The minimum atomic E-state index is -4.09. The van der Waals surface area contributed by atoms with Gasteiger partial charge in [0.2, 0.25) is 15.9 Å². The van der Waals surface area contributed by atoms with Gasteiger partial charge in [-0.05, 0) is 18.2 Å². The van der Waals surface area contributed by atoms with Crippen LogP contribution in [0.3, 0.4) is 0 Å². The Kier molecular flexibility index (Phi) is 5.95. The highest BCUT2D eigenvalue weighted by Gasteiger charge is 2.32. The first-order valence-corrected chi connectivity index (χ1v) is 10.1. The third-order valence-electron chi connectivity index (χ3n) is 4.64. The predicted octanol–water partition coefficient (Wildman–Crippen LogP) is 2.05. The number of piperazine rings is 1. The molecule has 0 radical (unpaired) electrons. The summed E-state index contributed by atoms with van der Waals surface area (Å²) in [5, 5.41) is 0. The number of hydrogen-bond acceptors (Lipinski definition) is 4. The number of methoxy groups -OCH3 is 1. The standard InChI is InChI=1S/C19H20F2N2O4S/c1-27-17-5-3-2-4-14(17)12-19(24)22-8-10-23(11-9-22)28(25,26)18-7-6-15(20)13-16(18)21/h2-7,13H,8-12H2,1H3. The van der Waals surface area contributed by atoms with Crippen molar-refractivity contribution < 1.29 is 26.7 Å². The van der Waals surface area contributed by atoms with Gasteiger partial charge in [-0.3, -0.25) is 4.79 Å². The van der Waals surface area contributed by atoms with E-state index in [4.69, 9.17) is 4.74 Å². The van der Waals surface area contributed by atoms with Gasteiger partial charge in [-0.25, -0.2) is 17.2 Å². The lowest BCUT2D eigenvalue weighted by Crippen LogP contribution is -2.51. The third kappa shape index (κ3) is 4.15. The van der Waals surface area contributed by atoms with Gasteiger partial charge in [0.25, 0.3) is 0 Å². The van der Waals surface area contributed by atoms with Crippen LogP contribution < -0.4 is 4.74 Å². The molecule has 1 amide bonds. The highest BCUT2D eigenvalue weighted by Crippen LogP contribution is 2.22. The Balaban J connectivity index is 1.66. The summed E-state index contributed by atoms with van der Waals surface area (Å²) < 4.78 is 58.5. The van der Waals surface area contributed by atoms with Crippen LogP contribution in [0, 0.1) is 11.6 Å². The first kappa shape index (κ1) is 20.2. The van der Waals surface area contributed by atoms with Gasteiger partial charge in [0, 0.05) is 37.8 Å². The Morgan fingerprint density at radius 2 is 1.75 bits per heavy atom. The monoisotopic (exact) mass is 410 g/mol. The largest absolute Gasteiger partial charge is 0.496 e. The van der Waals surface area contributed by atoms with E-state index in [9.17, 15) is 22.0 Å². The summed E-state index contributed by atoms with van der Waals surface area (Å²) in [4.78, 5) is 13.6. The van der Waals surface area contributed by atoms with Gasteiger partial charge in [0.15, 0.2) is 0 Å². The van der Waals surface area contributed by atoms with Gasteiger partial charge >= 0.3 is 0 Å². The van der Waals surface area contributed by atoms with E-state index in [2.05, 4.69) is 0 Å². The molecule has 0 unspecified atom stereocenters. The second-order valence-electron chi connectivity index (χ2n) is 6.35. The average Bonchev–Trinajstić information content (AvgIpc) is 2.68. The van der Waals surface area contributed by atoms with E-state index in [1.165, 1.54) is 7.11 Å². The highest BCUT2D eigenvalue weighted by atomic mass is 32.2. The van der Waals surface area contributed by atoms with Crippen molar-refractivity contribution in [3.05, 3.63) is 59.7 Å². The molecule has 1 fully saturated rings. The number of ether oxygens (including phenoxy) is 1. The van der Waals surface area contributed by atoms with Crippen molar-refractivity contribution in [2.24, 2.45) is 0 Å². The van der Waals surface area contributed by atoms with Gasteiger partial charge in [0.05, 0.1) is 13.5 Å². The normalized spacial score (nSPS) is 15.5. The van der Waals surface area contributed by atoms with Crippen LogP contribution in [0.4, 0.5) is 8.78 Å². The molecule has 0 saturated carbocycles. The van der Waals surface area contributed by atoms with Crippen molar-refractivity contribution in [1.82, 2.24) is 9.21 Å². The van der Waals surface area contributed by atoms with Crippen molar-refractivity contribution >= 4 is 15.9 Å². The molecule has 1 saturated heterocycles. The van der Waals surface area contributed by atoms with Crippen molar-refractivity contribution in [3.8, 4) is 5.75 Å². The van der Waals surface area contributed by atoms with Crippen molar-refractivity contribution in [2.75, 3.05) is 33.3 Å². The Labute approximate surface area is 162 Å². The number of carbonyl (C=O) groups is 1. The Morgan fingerprint density at radius 1 is 1.07 bits per heavy atom. The number of sulfonamides is 1. The molecule has 2 aromatic rings. The summed E-state index contributed by atoms with van der Waals surface area (Å²) in [6.07, 6.45) is 0.142. The molecule has 6 nitrogen and oxygen atoms in total. The second-order valence-corrected chi connectivity index (χ2v) is 8.25. The number of halogens is 2. The molecule has 0 aliphatic carbocycles. The van der Waals surface area contributed by atoms with E-state index in [-0.39, 0.29) is 38.5 Å². The maximum Gasteiger partial charge on any atom is 0.246 e. The Bertz CT molecular complexity index is 974. The van der Waals surface area contributed by atoms with Crippen LogP contribution in [0.1, 0.15) is 5.56 Å². The lowest BCUT2D eigenvalue weighted by atomic mass is 10.1. The summed E-state index contributed by atoms with van der Waals surface area (Å²) in [5.74, 6) is -1.50. The predicted molar refractivity (Wildman–Crippen MR) is 98.4 cm³/mol. The van der Waals surface area contributed by atoms with Crippen LogP contribution in [0.15, 0.2) is 47.4 Å². The molecule has 0 aromatic heterocycles. The van der Waals surface area contributed by atoms with E-state index >= 15 is 0 Å². The first-order valence-electron chi connectivity index (χ1n) is 8.68. The van der Waals surface area contributed by atoms with E-state index in [0.717, 1.165) is 22.0 Å². The zero-order valence-electron chi connectivity index (χ0n) is 15.3. The van der Waals surface area contributed by atoms with Crippen LogP contribution >= 0.6 is 0 Å². The molecule has 1 aliphatic heterocycles. The summed E-state index contributed by atoms with van der Waals surface area (Å²) in [5.41, 5.74) is 0.749. The van der Waals surface area contributed by atoms with E-state index in [1.54, 1.807) is 17.0 Å². The van der Waals surface area contributed by atoms with Crippen LogP contribution in [-0.2, 0) is 21.2 Å². The van der Waals surface area contributed by atoms with Gasteiger partial charge in [-0.1, -0.05) is 18.2 Å². The Morgan fingerprint density at radius 3 is 2.39 bits per heavy atom. The zero-order chi connectivity index (χ0) is 20.3. The molecule has 9 heteroatoms. The number of benzene rings is 2. The van der Waals surface area contributed by atoms with E-state index in [1.807, 2.05) is 12.1 Å². The smallest absolute Gasteiger partial charge is 0.246 e. The van der Waals surface area contributed by atoms with Crippen LogP contribution in [0.2, 0.25) is 0 Å². The van der Waals surface area contributed by atoms with Crippen LogP contribution in [0.5, 0.6) is 5.75 Å². The topological polar surface area (TPSA) is 66.9 Å². The molecule has 1 heterocycles. The maximum absolute atomic E-state index is 13.9. The van der Waals surface area contributed by atoms with Crippen molar-refractivity contribution in [1.29, 1.82) is 0 Å². The van der Waals surface area contributed by atoms with Crippen LogP contribution in [-0.4, -0.2) is 56.8 Å². The minimum Gasteiger partial charge on any atom is -0.496 e. The first-order chi connectivity index (χ1) is 13.3. The van der Waals surface area contributed by atoms with E-state index < -0.39 is 26.6 Å². The molecule has 1 aliphatic rings. The molecule has 0 N–H and O–H groups in total. The van der Waals surface area contributed by atoms with E-state index in [0.29, 0.717) is 11.8 Å². The number of amides is 1. The molecule has 150 valence electrons. The molecule has 3 rings (SSSR count). The summed E-state index contributed by atoms with van der Waals surface area (Å²) in [7, 11) is -2.57. The van der Waals surface area contributed by atoms with Gasteiger partial charge in [-0.15, -0.1) is 0 Å². The number of nitrogens with zero attached hydrogens (tertiary/aromatic N) is 2. The highest BCUT2D eigenvalue weighted by molar-refractivity contribution is 7.89. The summed E-state index contributed by atoms with van der Waals surface area (Å²) in [6.45, 7) is 0.458. The number of hydrogen-bond donors (Lipinski definition) is 0. The summed E-state index contributed by atoms with van der Waals surface area (Å²) >= 11 is 0. The molecular weight excluding hydrogens is 390 g/mol. The third-order valence-corrected chi connectivity index (χ3v) is 6.57. The van der Waals surface area contributed by atoms with Gasteiger partial charge < -0.3 is 9.64 Å². The quantitative estimate of drug-likeness (QED) is 0.757. The Hall–Kier alpha value is -2.52. The molecule has 0 spiro atoms. The molecule has 28 heavy (non-hydrogen) atoms. The van der Waals surface area contributed by atoms with Gasteiger partial charge in [-0.2, -0.15) is 4.31 Å². The fraction of sp³-hybridized carbons (Fsp3) is 0.316. The number of rotatable bonds is 5. The molecule has 0 bridgehead atoms. The zero-order valence-corrected chi connectivity index (χ0v) is 16.1. The minimum absolute atomic E-state index is 0.0385. The SMILES string of the molecule is COc1ccccc1CC(=O)N1CCN(S(=O)(=O)c2ccc(F)cc2F)CC1. The number of para-hydroxylation sites is 1. The second kappa shape index (κ2) is 8.24. The van der Waals surface area contributed by atoms with Crippen molar-refractivity contribution in [3.63, 3.8) is 0 Å². The fourth-order valence-electron chi connectivity index (χ4n) is 3.13. The number of carbonyl (C=O) groups excluding carboxylic acids is 1. The maximum atomic E-state index is 13.9.